The quantitative estimate of drug-likeness (QED) is 0.759. The number of aromatic nitrogens is 2. The predicted octanol–water partition coefficient (Wildman–Crippen LogP) is 0.981. The first-order chi connectivity index (χ1) is 13.0. The van der Waals surface area contributed by atoms with Crippen LogP contribution in [0.15, 0.2) is 23.0 Å². The molecule has 1 aromatic carbocycles. The number of hydrogen-bond donors (Lipinski definition) is 1. The van der Waals surface area contributed by atoms with E-state index in [0.29, 0.717) is 60.3 Å². The molecule has 3 rings (SSSR count). The molecule has 0 bridgehead atoms. The second-order valence-corrected chi connectivity index (χ2v) is 6.46. The second kappa shape index (κ2) is 7.79. The summed E-state index contributed by atoms with van der Waals surface area (Å²) in [6.07, 6.45) is 0.689. The van der Waals surface area contributed by atoms with Crippen LogP contribution in [-0.4, -0.2) is 40.6 Å². The zero-order valence-corrected chi connectivity index (χ0v) is 15.8. The molecule has 0 fully saturated rings. The summed E-state index contributed by atoms with van der Waals surface area (Å²) >= 11 is 0. The number of benzene rings is 1. The van der Waals surface area contributed by atoms with E-state index in [-0.39, 0.29) is 18.0 Å². The van der Waals surface area contributed by atoms with Gasteiger partial charge in [-0.25, -0.2) is 4.98 Å². The molecule has 0 saturated heterocycles. The highest BCUT2D eigenvalue weighted by molar-refractivity contribution is 5.97. The first-order valence-electron chi connectivity index (χ1n) is 8.81. The number of methoxy groups -OCH3 is 1. The number of fused-ring (bicyclic) bond motifs is 1. The number of rotatable bonds is 6. The van der Waals surface area contributed by atoms with Crippen LogP contribution in [-0.2, 0) is 20.1 Å². The molecule has 2 aromatic rings. The molecule has 8 nitrogen and oxygen atoms in total. The van der Waals surface area contributed by atoms with Gasteiger partial charge in [-0.3, -0.25) is 14.2 Å². The van der Waals surface area contributed by atoms with Crippen molar-refractivity contribution < 1.29 is 14.3 Å². The maximum Gasteiger partial charge on any atom is 0.258 e. The average molecular weight is 372 g/mol. The standard InChI is InChI=1S/C19H24N4O4/c1-12-21-16-11-23(10-15(16)18(24)22(12)2)19(25)14-9-13(26-3)5-6-17(14)27-8-4-7-20/h5-6,9H,4,7-8,10-11,20H2,1-3H3. The fourth-order valence-electron chi connectivity index (χ4n) is 3.04. The molecule has 1 amide bonds. The van der Waals surface area contributed by atoms with Gasteiger partial charge >= 0.3 is 0 Å². The van der Waals surface area contributed by atoms with Gasteiger partial charge in [0.05, 0.1) is 43.6 Å². The van der Waals surface area contributed by atoms with E-state index in [0.717, 1.165) is 0 Å². The first kappa shape index (κ1) is 18.9. The lowest BCUT2D eigenvalue weighted by molar-refractivity contribution is 0.0745. The van der Waals surface area contributed by atoms with Crippen molar-refractivity contribution in [2.24, 2.45) is 12.8 Å². The molecule has 27 heavy (non-hydrogen) atoms. The molecule has 8 heteroatoms. The number of ether oxygens (including phenoxy) is 2. The van der Waals surface area contributed by atoms with Crippen molar-refractivity contribution in [1.29, 1.82) is 0 Å². The molecule has 1 aromatic heterocycles. The van der Waals surface area contributed by atoms with Crippen LogP contribution in [0, 0.1) is 6.92 Å². The molecule has 0 atom stereocenters. The van der Waals surface area contributed by atoms with Gasteiger partial charge in [-0.2, -0.15) is 0 Å². The van der Waals surface area contributed by atoms with Crippen molar-refractivity contribution in [2.75, 3.05) is 20.3 Å². The lowest BCUT2D eigenvalue weighted by Crippen LogP contribution is -2.28. The van der Waals surface area contributed by atoms with E-state index in [1.807, 2.05) is 0 Å². The Labute approximate surface area is 157 Å². The predicted molar refractivity (Wildman–Crippen MR) is 100.0 cm³/mol. The summed E-state index contributed by atoms with van der Waals surface area (Å²) in [6, 6.07) is 5.11. The monoisotopic (exact) mass is 372 g/mol. The van der Waals surface area contributed by atoms with E-state index in [9.17, 15) is 9.59 Å². The largest absolute Gasteiger partial charge is 0.497 e. The van der Waals surface area contributed by atoms with Crippen LogP contribution in [0.1, 0.15) is 33.9 Å². The number of carbonyl (C=O) groups excluding carboxylic acids is 1. The smallest absolute Gasteiger partial charge is 0.258 e. The van der Waals surface area contributed by atoms with E-state index in [1.165, 1.54) is 4.57 Å². The molecule has 144 valence electrons. The van der Waals surface area contributed by atoms with E-state index in [2.05, 4.69) is 4.98 Å². The second-order valence-electron chi connectivity index (χ2n) is 6.46. The minimum Gasteiger partial charge on any atom is -0.497 e. The van der Waals surface area contributed by atoms with Crippen molar-refractivity contribution in [3.05, 3.63) is 51.2 Å². The molecule has 0 radical (unpaired) electrons. The Hall–Kier alpha value is -2.87. The highest BCUT2D eigenvalue weighted by Gasteiger charge is 2.30. The topological polar surface area (TPSA) is 99.7 Å². The van der Waals surface area contributed by atoms with Crippen LogP contribution in [0.25, 0.3) is 0 Å². The molecule has 2 heterocycles. The van der Waals surface area contributed by atoms with Gasteiger partial charge < -0.3 is 20.1 Å². The van der Waals surface area contributed by atoms with Gasteiger partial charge in [-0.05, 0) is 38.1 Å². The molecule has 1 aliphatic heterocycles. The Kier molecular flexibility index (Phi) is 5.46. The van der Waals surface area contributed by atoms with Crippen LogP contribution < -0.4 is 20.8 Å². The van der Waals surface area contributed by atoms with E-state index in [1.54, 1.807) is 44.2 Å². The van der Waals surface area contributed by atoms with Crippen LogP contribution in [0.4, 0.5) is 0 Å². The van der Waals surface area contributed by atoms with Crippen molar-refractivity contribution in [3.63, 3.8) is 0 Å². The third-order valence-corrected chi connectivity index (χ3v) is 4.69. The van der Waals surface area contributed by atoms with Crippen LogP contribution in [0.2, 0.25) is 0 Å². The highest BCUT2D eigenvalue weighted by atomic mass is 16.5. The fraction of sp³-hybridized carbons (Fsp3) is 0.421. The Morgan fingerprint density at radius 2 is 2.11 bits per heavy atom. The number of aryl methyl sites for hydroxylation is 1. The zero-order valence-electron chi connectivity index (χ0n) is 15.8. The Balaban J connectivity index is 1.89. The average Bonchev–Trinajstić information content (AvgIpc) is 3.10. The van der Waals surface area contributed by atoms with E-state index >= 15 is 0 Å². The molecule has 0 saturated carbocycles. The van der Waals surface area contributed by atoms with Crippen LogP contribution in [0.3, 0.4) is 0 Å². The van der Waals surface area contributed by atoms with Gasteiger partial charge in [0.25, 0.3) is 11.5 Å². The van der Waals surface area contributed by atoms with Gasteiger partial charge in [-0.15, -0.1) is 0 Å². The summed E-state index contributed by atoms with van der Waals surface area (Å²) in [5.41, 5.74) is 7.00. The third-order valence-electron chi connectivity index (χ3n) is 4.69. The Morgan fingerprint density at radius 1 is 1.33 bits per heavy atom. The normalized spacial score (nSPS) is 12.8. The van der Waals surface area contributed by atoms with Crippen molar-refractivity contribution in [3.8, 4) is 11.5 Å². The maximum absolute atomic E-state index is 13.1. The summed E-state index contributed by atoms with van der Waals surface area (Å²) in [4.78, 5) is 31.7. The van der Waals surface area contributed by atoms with E-state index < -0.39 is 0 Å². The molecule has 2 N–H and O–H groups in total. The summed E-state index contributed by atoms with van der Waals surface area (Å²) in [5.74, 6) is 1.43. The number of hydrogen-bond acceptors (Lipinski definition) is 6. The number of amides is 1. The van der Waals surface area contributed by atoms with Gasteiger partial charge in [0.1, 0.15) is 17.3 Å². The molecule has 0 unspecified atom stereocenters. The minimum absolute atomic E-state index is 0.113. The third kappa shape index (κ3) is 3.66. The Morgan fingerprint density at radius 3 is 2.81 bits per heavy atom. The molecule has 0 aliphatic carbocycles. The van der Waals surface area contributed by atoms with Crippen molar-refractivity contribution in [2.45, 2.75) is 26.4 Å². The first-order valence-corrected chi connectivity index (χ1v) is 8.81. The summed E-state index contributed by atoms with van der Waals surface area (Å²) in [5, 5.41) is 0. The number of nitrogens with two attached hydrogens (primary N) is 1. The minimum atomic E-state index is -0.227. The molecule has 1 aliphatic rings. The fourth-order valence-corrected chi connectivity index (χ4v) is 3.04. The van der Waals surface area contributed by atoms with E-state index in [4.69, 9.17) is 15.2 Å². The Bertz CT molecular complexity index is 923. The molecule has 0 spiro atoms. The summed E-state index contributed by atoms with van der Waals surface area (Å²) in [7, 11) is 3.22. The lowest BCUT2D eigenvalue weighted by Gasteiger charge is -2.18. The number of nitrogens with zero attached hydrogens (tertiary/aromatic N) is 3. The van der Waals surface area contributed by atoms with Crippen molar-refractivity contribution in [1.82, 2.24) is 14.5 Å². The number of carbonyl (C=O) groups is 1. The zero-order chi connectivity index (χ0) is 19.6. The summed E-state index contributed by atoms with van der Waals surface area (Å²) < 4.78 is 12.5. The molecular weight excluding hydrogens is 348 g/mol. The highest BCUT2D eigenvalue weighted by Crippen LogP contribution is 2.28. The maximum atomic E-state index is 13.1. The van der Waals surface area contributed by atoms with Crippen LogP contribution in [0.5, 0.6) is 11.5 Å². The van der Waals surface area contributed by atoms with Gasteiger partial charge in [-0.1, -0.05) is 0 Å². The van der Waals surface area contributed by atoms with Gasteiger partial charge in [0, 0.05) is 7.05 Å². The van der Waals surface area contributed by atoms with Crippen molar-refractivity contribution >= 4 is 5.91 Å². The SMILES string of the molecule is COc1ccc(OCCCN)c(C(=O)N2Cc3nc(C)n(C)c(=O)c3C2)c1. The molecular formula is C19H24N4O4. The summed E-state index contributed by atoms with van der Waals surface area (Å²) in [6.45, 7) is 3.23. The lowest BCUT2D eigenvalue weighted by atomic mass is 10.1. The van der Waals surface area contributed by atoms with Gasteiger partial charge in [0.2, 0.25) is 0 Å². The van der Waals surface area contributed by atoms with Gasteiger partial charge in [0.15, 0.2) is 0 Å². The van der Waals surface area contributed by atoms with Crippen LogP contribution >= 0.6 is 0 Å².